The molecule has 0 bridgehead atoms. The van der Waals surface area contributed by atoms with E-state index in [1.54, 1.807) is 15.5 Å². The number of hydrogen-bond donors (Lipinski definition) is 0. The number of fused-ring (bicyclic) bond motifs is 1. The van der Waals surface area contributed by atoms with Crippen LogP contribution in [0.4, 0.5) is 0 Å². The molecule has 28 heavy (non-hydrogen) atoms. The van der Waals surface area contributed by atoms with Crippen molar-refractivity contribution in [1.29, 1.82) is 0 Å². The number of amides is 1. The number of carbonyl (C=O) groups excluding carboxylic acids is 1. The molecule has 0 aliphatic heterocycles. The van der Waals surface area contributed by atoms with Gasteiger partial charge in [-0.1, -0.05) is 48.2 Å². The lowest BCUT2D eigenvalue weighted by atomic mass is 10.1. The molecular weight excluding hydrogens is 390 g/mol. The second kappa shape index (κ2) is 9.21. The lowest BCUT2D eigenvalue weighted by Crippen LogP contribution is -2.32. The second-order valence-corrected chi connectivity index (χ2v) is 7.95. The topological polar surface area (TPSA) is 55.2 Å². The summed E-state index contributed by atoms with van der Waals surface area (Å²) < 4.78 is 1.61. The van der Waals surface area contributed by atoms with E-state index < -0.39 is 0 Å². The van der Waals surface area contributed by atoms with Gasteiger partial charge in [0, 0.05) is 30.6 Å². The zero-order valence-electron chi connectivity index (χ0n) is 16.1. The molecule has 1 aromatic carbocycles. The maximum Gasteiger partial charge on any atom is 0.263 e. The molecule has 0 aliphatic carbocycles. The number of nitrogens with zero attached hydrogens (tertiary/aromatic N) is 3. The van der Waals surface area contributed by atoms with Crippen LogP contribution in [0, 0.1) is 0 Å². The van der Waals surface area contributed by atoms with Gasteiger partial charge >= 0.3 is 0 Å². The summed E-state index contributed by atoms with van der Waals surface area (Å²) in [6, 6.07) is 9.84. The highest BCUT2D eigenvalue weighted by molar-refractivity contribution is 7.99. The number of hydrogen-bond acceptors (Lipinski definition) is 5. The summed E-state index contributed by atoms with van der Waals surface area (Å²) >= 11 is 2.76. The Balaban J connectivity index is 2.02. The normalized spacial score (nSPS) is 10.9. The summed E-state index contributed by atoms with van der Waals surface area (Å²) in [5, 5.41) is 3.15. The van der Waals surface area contributed by atoms with E-state index in [4.69, 9.17) is 4.98 Å². The van der Waals surface area contributed by atoms with Crippen molar-refractivity contribution < 1.29 is 4.79 Å². The fourth-order valence-electron chi connectivity index (χ4n) is 3.03. The highest BCUT2D eigenvalue weighted by atomic mass is 32.2. The van der Waals surface area contributed by atoms with Crippen LogP contribution in [0.1, 0.15) is 13.8 Å². The predicted octanol–water partition coefficient (Wildman–Crippen LogP) is 4.27. The van der Waals surface area contributed by atoms with Crippen molar-refractivity contribution in [2.24, 2.45) is 0 Å². The molecule has 1 amide bonds. The molecule has 0 N–H and O–H groups in total. The molecule has 2 aromatic heterocycles. The molecule has 0 fully saturated rings. The van der Waals surface area contributed by atoms with E-state index in [0.717, 1.165) is 11.1 Å². The molecule has 7 heteroatoms. The van der Waals surface area contributed by atoms with E-state index in [1.807, 2.05) is 49.6 Å². The van der Waals surface area contributed by atoms with Gasteiger partial charge in [-0.3, -0.25) is 14.2 Å². The molecule has 0 saturated carbocycles. The molecule has 2 heterocycles. The predicted molar refractivity (Wildman–Crippen MR) is 118 cm³/mol. The minimum absolute atomic E-state index is 0.0469. The Morgan fingerprint density at radius 3 is 2.64 bits per heavy atom. The fraction of sp³-hybridized carbons (Fsp3) is 0.286. The number of aromatic nitrogens is 2. The Hall–Kier alpha value is -2.38. The van der Waals surface area contributed by atoms with Gasteiger partial charge in [-0.2, -0.15) is 0 Å². The molecule has 0 atom stereocenters. The first-order valence-electron chi connectivity index (χ1n) is 9.19. The average Bonchev–Trinajstić information content (AvgIpc) is 3.14. The van der Waals surface area contributed by atoms with Gasteiger partial charge < -0.3 is 4.90 Å². The molecular formula is C21H23N3O2S2. The van der Waals surface area contributed by atoms with Gasteiger partial charge in [0.05, 0.1) is 11.1 Å². The smallest absolute Gasteiger partial charge is 0.263 e. The van der Waals surface area contributed by atoms with Crippen LogP contribution in [0.25, 0.3) is 21.3 Å². The number of carbonyl (C=O) groups is 1. The third-order valence-corrected chi connectivity index (χ3v) is 6.33. The number of allylic oxidation sites excluding steroid dienone is 1. The monoisotopic (exact) mass is 413 g/mol. The molecule has 3 aromatic rings. The summed E-state index contributed by atoms with van der Waals surface area (Å²) in [6.07, 6.45) is 1.68. The van der Waals surface area contributed by atoms with Crippen LogP contribution in [-0.4, -0.2) is 39.2 Å². The Bertz CT molecular complexity index is 1040. The van der Waals surface area contributed by atoms with Crippen LogP contribution in [0.2, 0.25) is 0 Å². The first-order valence-corrected chi connectivity index (χ1v) is 11.1. The summed E-state index contributed by atoms with van der Waals surface area (Å²) in [6.45, 7) is 9.39. The van der Waals surface area contributed by atoms with Crippen LogP contribution in [0.3, 0.4) is 0 Å². The van der Waals surface area contributed by atoms with Crippen LogP contribution in [0.5, 0.6) is 0 Å². The Labute approximate surface area is 172 Å². The molecule has 0 radical (unpaired) electrons. The van der Waals surface area contributed by atoms with E-state index in [2.05, 4.69) is 6.58 Å². The van der Waals surface area contributed by atoms with E-state index in [9.17, 15) is 9.59 Å². The molecule has 0 aliphatic rings. The highest BCUT2D eigenvalue weighted by Gasteiger charge is 2.18. The summed E-state index contributed by atoms with van der Waals surface area (Å²) in [7, 11) is 0. The number of benzene rings is 1. The highest BCUT2D eigenvalue weighted by Crippen LogP contribution is 2.32. The Morgan fingerprint density at radius 1 is 1.29 bits per heavy atom. The third kappa shape index (κ3) is 4.05. The SMILES string of the molecule is C=CCn1c(SCC(=O)N(CC)CC)nc2scc(-c3ccccc3)c2c1=O. The van der Waals surface area contributed by atoms with Crippen LogP contribution in [0.15, 0.2) is 58.3 Å². The largest absolute Gasteiger partial charge is 0.343 e. The van der Waals surface area contributed by atoms with E-state index in [0.29, 0.717) is 35.0 Å². The van der Waals surface area contributed by atoms with Crippen molar-refractivity contribution in [2.75, 3.05) is 18.8 Å². The molecule has 5 nitrogen and oxygen atoms in total. The average molecular weight is 414 g/mol. The van der Waals surface area contributed by atoms with E-state index in [-0.39, 0.29) is 17.2 Å². The first kappa shape index (κ1) is 20.4. The van der Waals surface area contributed by atoms with Crippen LogP contribution < -0.4 is 5.56 Å². The van der Waals surface area contributed by atoms with Gasteiger partial charge in [0.2, 0.25) is 5.91 Å². The minimum atomic E-state index is -0.0946. The van der Waals surface area contributed by atoms with Crippen molar-refractivity contribution in [3.8, 4) is 11.1 Å². The van der Waals surface area contributed by atoms with Crippen molar-refractivity contribution in [1.82, 2.24) is 14.5 Å². The minimum Gasteiger partial charge on any atom is -0.343 e. The van der Waals surface area contributed by atoms with Gasteiger partial charge in [0.15, 0.2) is 5.16 Å². The molecule has 146 valence electrons. The molecule has 3 rings (SSSR count). The lowest BCUT2D eigenvalue weighted by molar-refractivity contribution is -0.127. The van der Waals surface area contributed by atoms with Crippen molar-refractivity contribution in [3.05, 3.63) is 58.7 Å². The van der Waals surface area contributed by atoms with Crippen molar-refractivity contribution in [3.63, 3.8) is 0 Å². The van der Waals surface area contributed by atoms with Crippen LogP contribution >= 0.6 is 23.1 Å². The van der Waals surface area contributed by atoms with Crippen LogP contribution in [-0.2, 0) is 11.3 Å². The number of rotatable bonds is 8. The summed E-state index contributed by atoms with van der Waals surface area (Å²) in [5.41, 5.74) is 1.80. The second-order valence-electron chi connectivity index (χ2n) is 6.15. The summed E-state index contributed by atoms with van der Waals surface area (Å²) in [4.78, 5) is 32.8. The summed E-state index contributed by atoms with van der Waals surface area (Å²) in [5.74, 6) is 0.305. The lowest BCUT2D eigenvalue weighted by Gasteiger charge is -2.18. The third-order valence-electron chi connectivity index (χ3n) is 4.50. The molecule has 0 spiro atoms. The van der Waals surface area contributed by atoms with Gasteiger partial charge in [-0.05, 0) is 19.4 Å². The molecule has 0 saturated heterocycles. The van der Waals surface area contributed by atoms with E-state index in [1.165, 1.54) is 23.1 Å². The number of thiophene rings is 1. The molecule has 0 unspecified atom stereocenters. The van der Waals surface area contributed by atoms with Gasteiger partial charge in [-0.15, -0.1) is 17.9 Å². The van der Waals surface area contributed by atoms with Crippen molar-refractivity contribution in [2.45, 2.75) is 25.5 Å². The standard InChI is InChI=1S/C21H23N3O2S2/c1-4-12-24-20(26)18-16(15-10-8-7-9-11-15)13-27-19(18)22-21(24)28-14-17(25)23(5-2)6-3/h4,7-11,13H,1,5-6,12,14H2,2-3H3. The van der Waals surface area contributed by atoms with Gasteiger partial charge in [0.1, 0.15) is 4.83 Å². The number of thioether (sulfide) groups is 1. The quantitative estimate of drug-likeness (QED) is 0.314. The maximum absolute atomic E-state index is 13.3. The van der Waals surface area contributed by atoms with Crippen molar-refractivity contribution >= 4 is 39.2 Å². The zero-order chi connectivity index (χ0) is 20.1. The van der Waals surface area contributed by atoms with E-state index >= 15 is 0 Å². The van der Waals surface area contributed by atoms with Gasteiger partial charge in [-0.25, -0.2) is 4.98 Å². The maximum atomic E-state index is 13.3. The Kier molecular flexibility index (Phi) is 6.70. The fourth-order valence-corrected chi connectivity index (χ4v) is 4.93. The zero-order valence-corrected chi connectivity index (χ0v) is 17.7. The van der Waals surface area contributed by atoms with Gasteiger partial charge in [0.25, 0.3) is 5.56 Å². The Morgan fingerprint density at radius 2 is 2.00 bits per heavy atom. The first-order chi connectivity index (χ1) is 13.6.